The fourth-order valence-corrected chi connectivity index (χ4v) is 3.44. The standard InChI is InChI=1S/C12H15N5OS/c13-10-2-1-3-11(10)19-12-14-15-16-17(12)8-4-6-9(18)7-5-8/h4-7,10-11,18H,1-3,13H2. The minimum Gasteiger partial charge on any atom is -0.508 e. The molecule has 1 saturated carbocycles. The summed E-state index contributed by atoms with van der Waals surface area (Å²) in [6.07, 6.45) is 3.34. The van der Waals surface area contributed by atoms with E-state index in [-0.39, 0.29) is 11.8 Å². The van der Waals surface area contributed by atoms with E-state index in [1.807, 2.05) is 0 Å². The first-order valence-electron chi connectivity index (χ1n) is 6.24. The second-order valence-electron chi connectivity index (χ2n) is 4.64. The van der Waals surface area contributed by atoms with Crippen LogP contribution < -0.4 is 5.73 Å². The maximum atomic E-state index is 9.31. The van der Waals surface area contributed by atoms with Gasteiger partial charge in [-0.25, -0.2) is 0 Å². The number of hydrogen-bond donors (Lipinski definition) is 2. The van der Waals surface area contributed by atoms with Crippen LogP contribution in [0.2, 0.25) is 0 Å². The zero-order chi connectivity index (χ0) is 13.2. The van der Waals surface area contributed by atoms with Gasteiger partial charge in [0, 0.05) is 11.3 Å². The van der Waals surface area contributed by atoms with Crippen LogP contribution in [0.25, 0.3) is 5.69 Å². The molecule has 3 N–H and O–H groups in total. The van der Waals surface area contributed by atoms with Crippen molar-refractivity contribution < 1.29 is 5.11 Å². The molecular formula is C12H15N5OS. The third kappa shape index (κ3) is 2.57. The van der Waals surface area contributed by atoms with Gasteiger partial charge in [-0.05, 0) is 47.5 Å². The highest BCUT2D eigenvalue weighted by Gasteiger charge is 2.27. The summed E-state index contributed by atoms with van der Waals surface area (Å²) in [7, 11) is 0. The third-order valence-electron chi connectivity index (χ3n) is 3.30. The Morgan fingerprint density at radius 3 is 2.74 bits per heavy atom. The van der Waals surface area contributed by atoms with Crippen LogP contribution in [-0.4, -0.2) is 36.6 Å². The molecule has 0 bridgehead atoms. The molecule has 1 aromatic carbocycles. The molecule has 100 valence electrons. The molecule has 0 spiro atoms. The Morgan fingerprint density at radius 2 is 2.05 bits per heavy atom. The van der Waals surface area contributed by atoms with E-state index in [1.165, 1.54) is 6.42 Å². The average Bonchev–Trinajstić information content (AvgIpc) is 3.01. The summed E-state index contributed by atoms with van der Waals surface area (Å²) in [4.78, 5) is 0. The van der Waals surface area contributed by atoms with Gasteiger partial charge in [-0.1, -0.05) is 18.2 Å². The third-order valence-corrected chi connectivity index (χ3v) is 4.65. The van der Waals surface area contributed by atoms with Crippen molar-refractivity contribution in [2.45, 2.75) is 35.7 Å². The SMILES string of the molecule is NC1CCCC1Sc1nnnn1-c1ccc(O)cc1. The Hall–Kier alpha value is -1.60. The van der Waals surface area contributed by atoms with Crippen molar-refractivity contribution in [3.05, 3.63) is 24.3 Å². The molecule has 6 nitrogen and oxygen atoms in total. The predicted octanol–water partition coefficient (Wildman–Crippen LogP) is 1.34. The number of phenolic OH excluding ortho intramolecular Hbond substituents is 1. The van der Waals surface area contributed by atoms with Crippen molar-refractivity contribution >= 4 is 11.8 Å². The molecule has 0 radical (unpaired) electrons. The molecule has 0 aliphatic heterocycles. The summed E-state index contributed by atoms with van der Waals surface area (Å²) in [5, 5.41) is 22.2. The largest absolute Gasteiger partial charge is 0.508 e. The first-order valence-corrected chi connectivity index (χ1v) is 7.12. The van der Waals surface area contributed by atoms with Crippen molar-refractivity contribution in [3.63, 3.8) is 0 Å². The molecule has 19 heavy (non-hydrogen) atoms. The molecule has 7 heteroatoms. The number of tetrazole rings is 1. The first kappa shape index (κ1) is 12.4. The topological polar surface area (TPSA) is 89.9 Å². The lowest BCUT2D eigenvalue weighted by atomic mass is 10.3. The number of nitrogens with two attached hydrogens (primary N) is 1. The van der Waals surface area contributed by atoms with E-state index in [1.54, 1.807) is 40.7 Å². The van der Waals surface area contributed by atoms with Gasteiger partial charge in [0.15, 0.2) is 0 Å². The zero-order valence-electron chi connectivity index (χ0n) is 10.3. The number of nitrogens with zero attached hydrogens (tertiary/aromatic N) is 4. The molecular weight excluding hydrogens is 262 g/mol. The molecule has 2 unspecified atom stereocenters. The minimum atomic E-state index is 0.218. The highest BCUT2D eigenvalue weighted by molar-refractivity contribution is 7.99. The Bertz CT molecular complexity index is 556. The van der Waals surface area contributed by atoms with Crippen molar-refractivity contribution in [1.29, 1.82) is 0 Å². The van der Waals surface area contributed by atoms with Crippen LogP contribution in [0.15, 0.2) is 29.4 Å². The van der Waals surface area contributed by atoms with Gasteiger partial charge >= 0.3 is 0 Å². The van der Waals surface area contributed by atoms with E-state index >= 15 is 0 Å². The van der Waals surface area contributed by atoms with Crippen LogP contribution in [0.3, 0.4) is 0 Å². The van der Waals surface area contributed by atoms with Gasteiger partial charge in [0.2, 0.25) is 5.16 Å². The van der Waals surface area contributed by atoms with Gasteiger partial charge in [0.05, 0.1) is 5.69 Å². The lowest BCUT2D eigenvalue weighted by molar-refractivity contribution is 0.475. The maximum Gasteiger partial charge on any atom is 0.214 e. The van der Waals surface area contributed by atoms with E-state index in [4.69, 9.17) is 5.73 Å². The van der Waals surface area contributed by atoms with Crippen LogP contribution >= 0.6 is 11.8 Å². The quantitative estimate of drug-likeness (QED) is 0.880. The second-order valence-corrected chi connectivity index (χ2v) is 5.85. The molecule has 1 heterocycles. The van der Waals surface area contributed by atoms with E-state index in [0.29, 0.717) is 5.25 Å². The summed E-state index contributed by atoms with van der Waals surface area (Å²) in [6, 6.07) is 7.02. The van der Waals surface area contributed by atoms with Crippen molar-refractivity contribution in [3.8, 4) is 11.4 Å². The van der Waals surface area contributed by atoms with Gasteiger partial charge in [-0.3, -0.25) is 0 Å². The lowest BCUT2D eigenvalue weighted by Crippen LogP contribution is -2.26. The zero-order valence-corrected chi connectivity index (χ0v) is 11.1. The summed E-state index contributed by atoms with van der Waals surface area (Å²) >= 11 is 1.63. The number of benzene rings is 1. The van der Waals surface area contributed by atoms with Crippen molar-refractivity contribution in [1.82, 2.24) is 20.2 Å². The Labute approximate surface area is 115 Å². The number of phenols is 1. The number of aromatic hydroxyl groups is 1. The molecule has 0 saturated heterocycles. The smallest absolute Gasteiger partial charge is 0.214 e. The van der Waals surface area contributed by atoms with Gasteiger partial charge in [0.1, 0.15) is 5.75 Å². The summed E-state index contributed by atoms with van der Waals surface area (Å²) in [6.45, 7) is 0. The van der Waals surface area contributed by atoms with Crippen molar-refractivity contribution in [2.24, 2.45) is 5.73 Å². The molecule has 2 atom stereocenters. The minimum absolute atomic E-state index is 0.218. The number of aromatic nitrogens is 4. The fraction of sp³-hybridized carbons (Fsp3) is 0.417. The maximum absolute atomic E-state index is 9.31. The van der Waals surface area contributed by atoms with Gasteiger partial charge in [-0.2, -0.15) is 4.68 Å². The van der Waals surface area contributed by atoms with E-state index in [9.17, 15) is 5.11 Å². The van der Waals surface area contributed by atoms with Gasteiger partial charge in [0.25, 0.3) is 0 Å². The van der Waals surface area contributed by atoms with Gasteiger partial charge < -0.3 is 10.8 Å². The number of rotatable bonds is 3. The Balaban J connectivity index is 1.84. The molecule has 2 aromatic rings. The van der Waals surface area contributed by atoms with E-state index < -0.39 is 0 Å². The summed E-state index contributed by atoms with van der Waals surface area (Å²) < 4.78 is 1.68. The van der Waals surface area contributed by atoms with Crippen LogP contribution in [0.1, 0.15) is 19.3 Å². The number of hydrogen-bond acceptors (Lipinski definition) is 6. The molecule has 1 aliphatic carbocycles. The van der Waals surface area contributed by atoms with Crippen LogP contribution in [-0.2, 0) is 0 Å². The lowest BCUT2D eigenvalue weighted by Gasteiger charge is -2.13. The predicted molar refractivity (Wildman–Crippen MR) is 72.3 cm³/mol. The normalized spacial score (nSPS) is 22.8. The van der Waals surface area contributed by atoms with Crippen LogP contribution in [0.4, 0.5) is 0 Å². The molecule has 1 aliphatic rings. The van der Waals surface area contributed by atoms with Crippen molar-refractivity contribution in [2.75, 3.05) is 0 Å². The van der Waals surface area contributed by atoms with E-state index in [0.717, 1.165) is 23.7 Å². The fourth-order valence-electron chi connectivity index (χ4n) is 2.24. The molecule has 1 aromatic heterocycles. The first-order chi connectivity index (χ1) is 9.24. The van der Waals surface area contributed by atoms with Crippen LogP contribution in [0, 0.1) is 0 Å². The number of thioether (sulfide) groups is 1. The second kappa shape index (κ2) is 5.18. The monoisotopic (exact) mass is 277 g/mol. The Morgan fingerprint density at radius 1 is 1.26 bits per heavy atom. The summed E-state index contributed by atoms with van der Waals surface area (Å²) in [5.74, 6) is 0.226. The van der Waals surface area contributed by atoms with E-state index in [2.05, 4.69) is 15.5 Å². The molecule has 1 fully saturated rings. The highest BCUT2D eigenvalue weighted by Crippen LogP contribution is 2.33. The summed E-state index contributed by atoms with van der Waals surface area (Å²) in [5.41, 5.74) is 6.90. The Kier molecular flexibility index (Phi) is 3.39. The van der Waals surface area contributed by atoms with Gasteiger partial charge in [-0.15, -0.1) is 5.10 Å². The van der Waals surface area contributed by atoms with Crippen LogP contribution in [0.5, 0.6) is 5.75 Å². The highest BCUT2D eigenvalue weighted by atomic mass is 32.2. The average molecular weight is 277 g/mol. The molecule has 3 rings (SSSR count). The molecule has 0 amide bonds.